The van der Waals surface area contributed by atoms with E-state index in [1.165, 1.54) is 12.2 Å². The number of carbonyl (C=O) groups excluding carboxylic acids is 2. The van der Waals surface area contributed by atoms with Gasteiger partial charge in [-0.3, -0.25) is 9.59 Å². The molecule has 0 radical (unpaired) electrons. The van der Waals surface area contributed by atoms with Gasteiger partial charge in [-0.1, -0.05) is 0 Å². The summed E-state index contributed by atoms with van der Waals surface area (Å²) in [7, 11) is 0. The third kappa shape index (κ3) is 9.20. The minimum absolute atomic E-state index is 0.0325. The highest BCUT2D eigenvalue weighted by atomic mass is 16.3. The molecule has 30 heavy (non-hydrogen) atoms. The number of allylic oxidation sites excluding steroid dienone is 5. The van der Waals surface area contributed by atoms with E-state index in [-0.39, 0.29) is 43.1 Å². The predicted molar refractivity (Wildman–Crippen MR) is 110 cm³/mol. The molecule has 0 aromatic rings. The Kier molecular flexibility index (Phi) is 12.0. The van der Waals surface area contributed by atoms with Crippen molar-refractivity contribution < 1.29 is 19.8 Å². The van der Waals surface area contributed by atoms with E-state index in [1.807, 2.05) is 24.5 Å². The molecular weight excluding hydrogens is 386 g/mol. The number of rotatable bonds is 11. The number of nitrogens with one attached hydrogen (secondary N) is 1. The van der Waals surface area contributed by atoms with Crippen LogP contribution in [0.15, 0.2) is 47.9 Å². The minimum atomic E-state index is -0.522. The first-order valence-corrected chi connectivity index (χ1v) is 9.64. The molecule has 1 aliphatic heterocycles. The number of nitrogens with zero attached hydrogens (tertiary/aromatic N) is 4. The summed E-state index contributed by atoms with van der Waals surface area (Å²) in [6, 6.07) is 3.71. The molecule has 1 rings (SSSR count). The number of nitriles is 2. The van der Waals surface area contributed by atoms with Gasteiger partial charge in [0.2, 0.25) is 0 Å². The highest BCUT2D eigenvalue weighted by molar-refractivity contribution is 5.99. The molecule has 3 N–H and O–H groups in total. The Balaban J connectivity index is 2.51. The van der Waals surface area contributed by atoms with Gasteiger partial charge >= 0.3 is 0 Å². The third-order valence-corrected chi connectivity index (χ3v) is 4.21. The first-order valence-electron chi connectivity index (χ1n) is 9.64. The Labute approximate surface area is 176 Å². The van der Waals surface area contributed by atoms with E-state index in [1.54, 1.807) is 12.2 Å². The standard InChI is InChI=1S/C21H27N5O4/c22-16-18(20(29)6-3-14-27)4-1-8-25-10-12-26(13-11-25)9-2-5-19(17-23)21(30)24-7-15-28/h1-2,4-5,8-9,27-28H,3,6-7,10-15H2,(H,24,30)/b8-1+,9-2+,18-4+,19-5+. The van der Waals surface area contributed by atoms with E-state index < -0.39 is 5.91 Å². The van der Waals surface area contributed by atoms with Gasteiger partial charge in [0.05, 0.1) is 12.2 Å². The van der Waals surface area contributed by atoms with Gasteiger partial charge in [-0.25, -0.2) is 0 Å². The van der Waals surface area contributed by atoms with Crippen LogP contribution in [-0.2, 0) is 9.59 Å². The van der Waals surface area contributed by atoms with Gasteiger partial charge in [0.1, 0.15) is 17.7 Å². The Morgan fingerprint density at radius 1 is 0.900 bits per heavy atom. The molecule has 1 fully saturated rings. The van der Waals surface area contributed by atoms with Crippen LogP contribution in [0.25, 0.3) is 0 Å². The average Bonchev–Trinajstić information content (AvgIpc) is 2.77. The van der Waals surface area contributed by atoms with Crippen molar-refractivity contribution in [3.05, 3.63) is 47.9 Å². The lowest BCUT2D eigenvalue weighted by Crippen LogP contribution is -2.41. The molecule has 0 unspecified atom stereocenters. The lowest BCUT2D eigenvalue weighted by molar-refractivity contribution is -0.117. The molecule has 0 bridgehead atoms. The number of hydrogen-bond acceptors (Lipinski definition) is 8. The summed E-state index contributed by atoms with van der Waals surface area (Å²) in [5, 5.41) is 38.0. The van der Waals surface area contributed by atoms with Crippen molar-refractivity contribution in [3.63, 3.8) is 0 Å². The van der Waals surface area contributed by atoms with Gasteiger partial charge in [-0.2, -0.15) is 10.5 Å². The topological polar surface area (TPSA) is 141 Å². The van der Waals surface area contributed by atoms with Crippen molar-refractivity contribution in [1.29, 1.82) is 10.5 Å². The van der Waals surface area contributed by atoms with Gasteiger partial charge in [-0.05, 0) is 43.1 Å². The quantitative estimate of drug-likeness (QED) is 0.244. The van der Waals surface area contributed by atoms with Crippen LogP contribution in [0, 0.1) is 22.7 Å². The molecule has 0 spiro atoms. The molecule has 9 heteroatoms. The van der Waals surface area contributed by atoms with Crippen LogP contribution in [-0.4, -0.2) is 77.6 Å². The third-order valence-electron chi connectivity index (χ3n) is 4.21. The second kappa shape index (κ2) is 14.6. The van der Waals surface area contributed by atoms with Crippen LogP contribution < -0.4 is 5.32 Å². The van der Waals surface area contributed by atoms with Crippen molar-refractivity contribution in [1.82, 2.24) is 15.1 Å². The number of piperazine rings is 1. The summed E-state index contributed by atoms with van der Waals surface area (Å²) in [6.45, 7) is 2.77. The van der Waals surface area contributed by atoms with Crippen molar-refractivity contribution in [3.8, 4) is 12.1 Å². The van der Waals surface area contributed by atoms with Crippen LogP contribution in [0.4, 0.5) is 0 Å². The number of aliphatic hydroxyl groups excluding tert-OH is 2. The minimum Gasteiger partial charge on any atom is -0.396 e. The molecule has 1 heterocycles. The SMILES string of the molecule is N#C/C(=C\C=C\N1CCN(/C=C/C=C(\C#N)C(=O)NCCO)CC1)C(=O)CCCO. The first-order chi connectivity index (χ1) is 14.5. The van der Waals surface area contributed by atoms with Crippen molar-refractivity contribution >= 4 is 11.7 Å². The van der Waals surface area contributed by atoms with Crippen LogP contribution in [0.5, 0.6) is 0 Å². The lowest BCUT2D eigenvalue weighted by atomic mass is 10.1. The lowest BCUT2D eigenvalue weighted by Gasteiger charge is -2.33. The molecule has 0 aliphatic carbocycles. The second-order valence-electron chi connectivity index (χ2n) is 6.37. The monoisotopic (exact) mass is 413 g/mol. The molecule has 1 saturated heterocycles. The molecule has 1 aliphatic rings. The summed E-state index contributed by atoms with van der Waals surface area (Å²) in [5.74, 6) is -0.799. The van der Waals surface area contributed by atoms with Crippen LogP contribution >= 0.6 is 0 Å². The van der Waals surface area contributed by atoms with E-state index in [2.05, 4.69) is 15.1 Å². The zero-order valence-corrected chi connectivity index (χ0v) is 16.8. The van der Waals surface area contributed by atoms with Crippen LogP contribution in [0.1, 0.15) is 12.8 Å². The fraction of sp³-hybridized carbons (Fsp3) is 0.429. The number of ketones is 1. The maximum atomic E-state index is 11.8. The second-order valence-corrected chi connectivity index (χ2v) is 6.37. The molecule has 0 saturated carbocycles. The first kappa shape index (κ1) is 24.6. The maximum absolute atomic E-state index is 11.8. The fourth-order valence-electron chi connectivity index (χ4n) is 2.55. The molecule has 0 aromatic carbocycles. The summed E-state index contributed by atoms with van der Waals surface area (Å²) in [4.78, 5) is 27.6. The Morgan fingerprint density at radius 3 is 1.90 bits per heavy atom. The van der Waals surface area contributed by atoms with Gasteiger partial charge in [0, 0.05) is 45.8 Å². The molecule has 160 valence electrons. The summed E-state index contributed by atoms with van der Waals surface area (Å²) in [6.07, 6.45) is 10.4. The smallest absolute Gasteiger partial charge is 0.262 e. The summed E-state index contributed by atoms with van der Waals surface area (Å²) in [5.41, 5.74) is 0.0410. The van der Waals surface area contributed by atoms with Crippen molar-refractivity contribution in [2.24, 2.45) is 0 Å². The Bertz CT molecular complexity index is 712. The zero-order valence-electron chi connectivity index (χ0n) is 16.8. The largest absolute Gasteiger partial charge is 0.396 e. The normalized spacial score (nSPS) is 15.3. The van der Waals surface area contributed by atoms with E-state index >= 15 is 0 Å². The summed E-state index contributed by atoms with van der Waals surface area (Å²) < 4.78 is 0. The summed E-state index contributed by atoms with van der Waals surface area (Å²) >= 11 is 0. The number of hydrogen-bond donors (Lipinski definition) is 3. The Morgan fingerprint density at radius 2 is 1.43 bits per heavy atom. The van der Waals surface area contributed by atoms with Gasteiger partial charge in [-0.15, -0.1) is 0 Å². The number of Topliss-reactive ketones (excluding diaryl/α,β-unsaturated/α-hetero) is 1. The highest BCUT2D eigenvalue weighted by Crippen LogP contribution is 2.06. The maximum Gasteiger partial charge on any atom is 0.262 e. The average molecular weight is 413 g/mol. The van der Waals surface area contributed by atoms with Gasteiger partial charge in [0.15, 0.2) is 5.78 Å². The van der Waals surface area contributed by atoms with E-state index in [9.17, 15) is 9.59 Å². The fourth-order valence-corrected chi connectivity index (χ4v) is 2.55. The predicted octanol–water partition coefficient (Wildman–Crippen LogP) is -0.0185. The molecule has 1 amide bonds. The number of carbonyl (C=O) groups is 2. The van der Waals surface area contributed by atoms with E-state index in [0.717, 1.165) is 26.2 Å². The van der Waals surface area contributed by atoms with Crippen molar-refractivity contribution in [2.75, 3.05) is 45.9 Å². The van der Waals surface area contributed by atoms with Crippen molar-refractivity contribution in [2.45, 2.75) is 12.8 Å². The molecule has 0 aromatic heterocycles. The number of amides is 1. The van der Waals surface area contributed by atoms with Gasteiger partial charge < -0.3 is 25.3 Å². The van der Waals surface area contributed by atoms with Crippen LogP contribution in [0.3, 0.4) is 0 Å². The number of aliphatic hydroxyl groups is 2. The molecular formula is C21H27N5O4. The molecule has 9 nitrogen and oxygen atoms in total. The van der Waals surface area contributed by atoms with E-state index in [0.29, 0.717) is 6.42 Å². The highest BCUT2D eigenvalue weighted by Gasteiger charge is 2.11. The molecule has 0 atom stereocenters. The zero-order chi connectivity index (χ0) is 22.2. The van der Waals surface area contributed by atoms with Gasteiger partial charge in [0.25, 0.3) is 5.91 Å². The van der Waals surface area contributed by atoms with E-state index in [4.69, 9.17) is 20.7 Å². The Hall–Kier alpha value is -3.40. The van der Waals surface area contributed by atoms with Crippen LogP contribution in [0.2, 0.25) is 0 Å².